The van der Waals surface area contributed by atoms with Crippen molar-refractivity contribution in [3.05, 3.63) is 35.4 Å². The van der Waals surface area contributed by atoms with E-state index in [0.717, 1.165) is 50.5 Å². The van der Waals surface area contributed by atoms with Gasteiger partial charge in [0.2, 0.25) is 17.7 Å². The molecule has 1 heterocycles. The average Bonchev–Trinajstić information content (AvgIpc) is 2.97. The Morgan fingerprint density at radius 1 is 1.11 bits per heavy atom. The number of carbonyl (C=O) groups excluding carboxylic acids is 3. The molecule has 6 heteroatoms. The summed E-state index contributed by atoms with van der Waals surface area (Å²) in [4.78, 5) is 40.5. The maximum absolute atomic E-state index is 13.2. The number of thioether (sulfide) groups is 1. The van der Waals surface area contributed by atoms with Crippen LogP contribution in [0.2, 0.25) is 0 Å². The number of carbonyl (C=O) groups is 3. The molecule has 2 fully saturated rings. The Kier molecular flexibility index (Phi) is 5.76. The Bertz CT molecular complexity index is 757. The molecule has 1 saturated heterocycles. The van der Waals surface area contributed by atoms with Crippen LogP contribution in [0, 0.1) is 11.8 Å². The number of nitrogens with zero attached hydrogens (tertiary/aromatic N) is 1. The predicted molar refractivity (Wildman–Crippen MR) is 110 cm³/mol. The third kappa shape index (κ3) is 3.47. The number of amides is 3. The molecule has 150 valence electrons. The lowest BCUT2D eigenvalue weighted by Crippen LogP contribution is -2.52. The van der Waals surface area contributed by atoms with E-state index in [9.17, 15) is 14.4 Å². The van der Waals surface area contributed by atoms with Crippen molar-refractivity contribution in [2.75, 3.05) is 12.0 Å². The van der Waals surface area contributed by atoms with E-state index in [4.69, 9.17) is 0 Å². The van der Waals surface area contributed by atoms with Gasteiger partial charge in [-0.1, -0.05) is 37.1 Å². The summed E-state index contributed by atoms with van der Waals surface area (Å²) in [5.41, 5.74) is 2.44. The van der Waals surface area contributed by atoms with Crippen LogP contribution in [0.3, 0.4) is 0 Å². The summed E-state index contributed by atoms with van der Waals surface area (Å²) in [6.07, 6.45) is 8.39. The second-order valence-electron chi connectivity index (χ2n) is 8.17. The van der Waals surface area contributed by atoms with E-state index < -0.39 is 6.04 Å². The molecule has 1 N–H and O–H groups in total. The first-order valence-corrected chi connectivity index (χ1v) is 11.7. The second-order valence-corrected chi connectivity index (χ2v) is 9.08. The molecule has 0 bridgehead atoms. The van der Waals surface area contributed by atoms with Gasteiger partial charge in [0.1, 0.15) is 6.04 Å². The first-order chi connectivity index (χ1) is 13.6. The van der Waals surface area contributed by atoms with Crippen LogP contribution in [-0.2, 0) is 20.8 Å². The molecule has 3 aliphatic rings. The van der Waals surface area contributed by atoms with Gasteiger partial charge in [0, 0.05) is 5.75 Å². The third-order valence-corrected chi connectivity index (χ3v) is 7.15. The fraction of sp³-hybridized carbons (Fsp3) is 0.591. The average molecular weight is 401 g/mol. The highest BCUT2D eigenvalue weighted by molar-refractivity contribution is 7.98. The van der Waals surface area contributed by atoms with Crippen molar-refractivity contribution in [3.63, 3.8) is 0 Å². The number of aryl methyl sites for hydroxylation is 1. The van der Waals surface area contributed by atoms with E-state index in [0.29, 0.717) is 5.75 Å². The number of likely N-dealkylation sites (tertiary alicyclic amines) is 1. The van der Waals surface area contributed by atoms with Crippen LogP contribution >= 0.6 is 11.8 Å². The first-order valence-electron chi connectivity index (χ1n) is 10.4. The lowest BCUT2D eigenvalue weighted by molar-refractivity contribution is -0.147. The van der Waals surface area contributed by atoms with Crippen LogP contribution in [-0.4, -0.2) is 40.7 Å². The SMILES string of the molecule is CSC[C@H](C(=O)N[C@@H]1CCCc2ccccc21)N1C(=O)[C@H]2CCCC[C@H]2C1=O. The molecule has 1 aromatic carbocycles. The van der Waals surface area contributed by atoms with Crippen LogP contribution < -0.4 is 5.32 Å². The number of rotatable bonds is 5. The Hall–Kier alpha value is -1.82. The minimum Gasteiger partial charge on any atom is -0.347 e. The molecule has 4 rings (SSSR count). The van der Waals surface area contributed by atoms with Gasteiger partial charge in [0.05, 0.1) is 17.9 Å². The van der Waals surface area contributed by atoms with E-state index in [-0.39, 0.29) is 35.6 Å². The second kappa shape index (κ2) is 8.27. The lowest BCUT2D eigenvalue weighted by Gasteiger charge is -2.30. The summed E-state index contributed by atoms with van der Waals surface area (Å²) in [5, 5.41) is 3.16. The molecule has 1 aromatic rings. The number of hydrogen-bond donors (Lipinski definition) is 1. The van der Waals surface area contributed by atoms with Gasteiger partial charge < -0.3 is 5.32 Å². The van der Waals surface area contributed by atoms with Crippen LogP contribution in [0.4, 0.5) is 0 Å². The van der Waals surface area contributed by atoms with Gasteiger partial charge in [-0.3, -0.25) is 19.3 Å². The molecular formula is C22H28N2O3S. The van der Waals surface area contributed by atoms with Crippen molar-refractivity contribution in [1.29, 1.82) is 0 Å². The Morgan fingerprint density at radius 3 is 2.46 bits per heavy atom. The van der Waals surface area contributed by atoms with Crippen molar-refractivity contribution < 1.29 is 14.4 Å². The molecule has 1 saturated carbocycles. The summed E-state index contributed by atoms with van der Waals surface area (Å²) in [6.45, 7) is 0. The predicted octanol–water partition coefficient (Wildman–Crippen LogP) is 3.09. The quantitative estimate of drug-likeness (QED) is 0.772. The van der Waals surface area contributed by atoms with Gasteiger partial charge in [0.15, 0.2) is 0 Å². The molecule has 28 heavy (non-hydrogen) atoms. The number of imide groups is 1. The standard InChI is InChI=1S/C22H28N2O3S/c1-28-13-19(24-21(26)16-10-4-5-11-17(16)22(24)27)20(25)23-18-12-6-8-14-7-2-3-9-15(14)18/h2-3,7,9,16-19H,4-6,8,10-13H2,1H3,(H,23,25)/t16-,17+,18-,19-/m1/s1. The molecule has 2 aliphatic carbocycles. The zero-order valence-corrected chi connectivity index (χ0v) is 17.2. The number of fused-ring (bicyclic) bond motifs is 2. The highest BCUT2D eigenvalue weighted by atomic mass is 32.2. The summed E-state index contributed by atoms with van der Waals surface area (Å²) in [5.74, 6) is -0.447. The molecule has 0 radical (unpaired) electrons. The number of nitrogens with one attached hydrogen (secondary N) is 1. The molecule has 0 aromatic heterocycles. The Morgan fingerprint density at radius 2 is 1.79 bits per heavy atom. The van der Waals surface area contributed by atoms with E-state index in [1.165, 1.54) is 22.2 Å². The van der Waals surface area contributed by atoms with Crippen LogP contribution in [0.15, 0.2) is 24.3 Å². The van der Waals surface area contributed by atoms with Gasteiger partial charge in [-0.25, -0.2) is 0 Å². The zero-order chi connectivity index (χ0) is 19.7. The molecule has 0 unspecified atom stereocenters. The molecule has 3 amide bonds. The van der Waals surface area contributed by atoms with Crippen molar-refractivity contribution in [1.82, 2.24) is 10.2 Å². The van der Waals surface area contributed by atoms with E-state index in [1.807, 2.05) is 18.4 Å². The zero-order valence-electron chi connectivity index (χ0n) is 16.4. The van der Waals surface area contributed by atoms with Crippen molar-refractivity contribution in [3.8, 4) is 0 Å². The van der Waals surface area contributed by atoms with Gasteiger partial charge in [-0.15, -0.1) is 0 Å². The Labute approximate surface area is 170 Å². The van der Waals surface area contributed by atoms with Crippen LogP contribution in [0.25, 0.3) is 0 Å². The largest absolute Gasteiger partial charge is 0.347 e. The van der Waals surface area contributed by atoms with E-state index in [2.05, 4.69) is 17.4 Å². The molecule has 4 atom stereocenters. The fourth-order valence-electron chi connectivity index (χ4n) is 5.09. The van der Waals surface area contributed by atoms with Gasteiger partial charge in [-0.05, 0) is 49.5 Å². The topological polar surface area (TPSA) is 66.5 Å². The molecule has 5 nitrogen and oxygen atoms in total. The highest BCUT2D eigenvalue weighted by Crippen LogP contribution is 2.39. The van der Waals surface area contributed by atoms with Gasteiger partial charge in [0.25, 0.3) is 0 Å². The summed E-state index contributed by atoms with van der Waals surface area (Å²) in [6, 6.07) is 7.46. The maximum atomic E-state index is 13.2. The summed E-state index contributed by atoms with van der Waals surface area (Å²) in [7, 11) is 0. The fourth-order valence-corrected chi connectivity index (χ4v) is 5.71. The number of benzene rings is 1. The lowest BCUT2D eigenvalue weighted by atomic mass is 9.81. The Balaban J connectivity index is 1.54. The van der Waals surface area contributed by atoms with Crippen LogP contribution in [0.1, 0.15) is 55.7 Å². The van der Waals surface area contributed by atoms with Crippen LogP contribution in [0.5, 0.6) is 0 Å². The van der Waals surface area contributed by atoms with Crippen molar-refractivity contribution in [2.24, 2.45) is 11.8 Å². The molecular weight excluding hydrogens is 372 g/mol. The van der Waals surface area contributed by atoms with E-state index in [1.54, 1.807) is 0 Å². The van der Waals surface area contributed by atoms with E-state index >= 15 is 0 Å². The third-order valence-electron chi connectivity index (χ3n) is 6.50. The number of hydrogen-bond acceptors (Lipinski definition) is 4. The first kappa shape index (κ1) is 19.5. The minimum absolute atomic E-state index is 0.0445. The van der Waals surface area contributed by atoms with Gasteiger partial charge >= 0.3 is 0 Å². The van der Waals surface area contributed by atoms with Crippen molar-refractivity contribution in [2.45, 2.75) is 57.0 Å². The van der Waals surface area contributed by atoms with Crippen molar-refractivity contribution >= 4 is 29.5 Å². The smallest absolute Gasteiger partial charge is 0.244 e. The molecule has 0 spiro atoms. The highest BCUT2D eigenvalue weighted by Gasteiger charge is 2.51. The van der Waals surface area contributed by atoms with Gasteiger partial charge in [-0.2, -0.15) is 11.8 Å². The monoisotopic (exact) mass is 400 g/mol. The molecule has 1 aliphatic heterocycles. The summed E-state index contributed by atoms with van der Waals surface area (Å²) >= 11 is 1.50. The minimum atomic E-state index is -0.713. The maximum Gasteiger partial charge on any atom is 0.244 e. The summed E-state index contributed by atoms with van der Waals surface area (Å²) < 4.78 is 0. The normalized spacial score (nSPS) is 27.9.